The van der Waals surface area contributed by atoms with Crippen molar-refractivity contribution in [2.24, 2.45) is 5.73 Å². The van der Waals surface area contributed by atoms with Crippen molar-refractivity contribution in [1.82, 2.24) is 0 Å². The fourth-order valence-electron chi connectivity index (χ4n) is 2.23. The summed E-state index contributed by atoms with van der Waals surface area (Å²) in [6.07, 6.45) is -5.29. The van der Waals surface area contributed by atoms with E-state index < -0.39 is 41.2 Å². The van der Waals surface area contributed by atoms with Gasteiger partial charge in [-0.1, -0.05) is 0 Å². The molecule has 0 heterocycles. The van der Waals surface area contributed by atoms with Crippen molar-refractivity contribution in [2.45, 2.75) is 12.6 Å². The van der Waals surface area contributed by atoms with Crippen LogP contribution >= 0.6 is 0 Å². The zero-order chi connectivity index (χ0) is 18.8. The van der Waals surface area contributed by atoms with Gasteiger partial charge in [-0.05, 0) is 42.0 Å². The molecule has 2 aromatic carbocycles. The zero-order valence-electron chi connectivity index (χ0n) is 13.0. The van der Waals surface area contributed by atoms with Crippen molar-refractivity contribution in [3.63, 3.8) is 0 Å². The second kappa shape index (κ2) is 6.92. The average molecular weight is 355 g/mol. The summed E-state index contributed by atoms with van der Waals surface area (Å²) in [5.41, 5.74) is 3.62. The van der Waals surface area contributed by atoms with Crippen LogP contribution in [0.25, 0.3) is 0 Å². The third-order valence-electron chi connectivity index (χ3n) is 3.51. The Morgan fingerprint density at radius 2 is 1.80 bits per heavy atom. The number of benzene rings is 2. The maximum Gasteiger partial charge on any atom is 0.416 e. The van der Waals surface area contributed by atoms with Gasteiger partial charge in [-0.2, -0.15) is 13.2 Å². The molecule has 0 spiro atoms. The Bertz CT molecular complexity index is 831. The van der Waals surface area contributed by atoms with E-state index in [9.17, 15) is 27.2 Å². The molecule has 0 aliphatic rings. The quantitative estimate of drug-likeness (QED) is 0.660. The summed E-state index contributed by atoms with van der Waals surface area (Å²) < 4.78 is 57.0. The number of amides is 1. The number of methoxy groups -OCH3 is 1. The molecule has 0 fully saturated rings. The van der Waals surface area contributed by atoms with E-state index in [1.165, 1.54) is 19.2 Å². The minimum atomic E-state index is -4.66. The van der Waals surface area contributed by atoms with Crippen molar-refractivity contribution >= 4 is 11.7 Å². The summed E-state index contributed by atoms with van der Waals surface area (Å²) in [5, 5.41) is 0. The van der Waals surface area contributed by atoms with Crippen molar-refractivity contribution in [1.29, 1.82) is 0 Å². The predicted octanol–water partition coefficient (Wildman–Crippen LogP) is 3.38. The van der Waals surface area contributed by atoms with Crippen LogP contribution < -0.4 is 10.5 Å². The number of Topliss-reactive ketones (excluding diaryl/α,β-unsaturated/α-hetero) is 1. The monoisotopic (exact) mass is 355 g/mol. The highest BCUT2D eigenvalue weighted by atomic mass is 19.4. The molecule has 2 aromatic rings. The first kappa shape index (κ1) is 18.4. The largest absolute Gasteiger partial charge is 0.496 e. The molecular formula is C17H13F4NO3. The van der Waals surface area contributed by atoms with Gasteiger partial charge in [0.2, 0.25) is 5.91 Å². The molecular weight excluding hydrogens is 342 g/mol. The number of nitrogens with two attached hydrogens (primary N) is 1. The van der Waals surface area contributed by atoms with Gasteiger partial charge in [-0.15, -0.1) is 0 Å². The molecule has 2 N–H and O–H groups in total. The smallest absolute Gasteiger partial charge is 0.416 e. The van der Waals surface area contributed by atoms with Crippen LogP contribution in [-0.2, 0) is 12.6 Å². The molecule has 0 aliphatic heterocycles. The van der Waals surface area contributed by atoms with E-state index >= 15 is 0 Å². The first-order valence-corrected chi connectivity index (χ1v) is 7.00. The Morgan fingerprint density at radius 1 is 1.12 bits per heavy atom. The highest BCUT2D eigenvalue weighted by molar-refractivity contribution is 6.03. The lowest BCUT2D eigenvalue weighted by atomic mass is 9.98. The fraction of sp³-hybridized carbons (Fsp3) is 0.176. The van der Waals surface area contributed by atoms with Crippen molar-refractivity contribution in [3.05, 3.63) is 64.5 Å². The van der Waals surface area contributed by atoms with Crippen LogP contribution in [0, 0.1) is 5.82 Å². The number of hydrogen-bond acceptors (Lipinski definition) is 3. The van der Waals surface area contributed by atoms with Gasteiger partial charge in [0.05, 0.1) is 18.2 Å². The number of halogens is 4. The molecule has 0 unspecified atom stereocenters. The number of hydrogen-bond donors (Lipinski definition) is 1. The number of ether oxygens (including phenoxy) is 1. The van der Waals surface area contributed by atoms with Crippen molar-refractivity contribution in [3.8, 4) is 5.75 Å². The third kappa shape index (κ3) is 4.14. The number of alkyl halides is 3. The average Bonchev–Trinajstić information content (AvgIpc) is 2.55. The Kier molecular flexibility index (Phi) is 5.10. The molecule has 0 bridgehead atoms. The SMILES string of the molecule is COc1ccc(C(N)=O)cc1C(=O)Cc1cc(C(F)(F)F)ccc1F. The van der Waals surface area contributed by atoms with E-state index in [4.69, 9.17) is 10.5 Å². The first-order chi connectivity index (χ1) is 11.6. The summed E-state index contributed by atoms with van der Waals surface area (Å²) in [4.78, 5) is 23.6. The van der Waals surface area contributed by atoms with Gasteiger partial charge in [0.15, 0.2) is 5.78 Å². The van der Waals surface area contributed by atoms with E-state index in [1.54, 1.807) is 0 Å². The number of ketones is 1. The van der Waals surface area contributed by atoms with Crippen LogP contribution in [0.1, 0.15) is 31.8 Å². The van der Waals surface area contributed by atoms with Crippen LogP contribution in [0.4, 0.5) is 17.6 Å². The van der Waals surface area contributed by atoms with Gasteiger partial charge in [0.1, 0.15) is 11.6 Å². The number of primary amides is 1. The van der Waals surface area contributed by atoms with E-state index in [0.717, 1.165) is 6.07 Å². The van der Waals surface area contributed by atoms with Gasteiger partial charge in [-0.25, -0.2) is 4.39 Å². The summed E-state index contributed by atoms with van der Waals surface area (Å²) in [5.74, 6) is -2.34. The van der Waals surface area contributed by atoms with Gasteiger partial charge in [0.25, 0.3) is 0 Å². The Labute approximate surface area is 140 Å². The van der Waals surface area contributed by atoms with Gasteiger partial charge in [0, 0.05) is 12.0 Å². The molecule has 0 radical (unpaired) electrons. The lowest BCUT2D eigenvalue weighted by molar-refractivity contribution is -0.137. The second-order valence-electron chi connectivity index (χ2n) is 5.18. The van der Waals surface area contributed by atoms with Crippen LogP contribution in [0.5, 0.6) is 5.75 Å². The zero-order valence-corrected chi connectivity index (χ0v) is 13.0. The molecule has 8 heteroatoms. The molecule has 0 saturated heterocycles. The van der Waals surface area contributed by atoms with Crippen LogP contribution in [0.3, 0.4) is 0 Å². The van der Waals surface area contributed by atoms with Gasteiger partial charge < -0.3 is 10.5 Å². The molecule has 1 amide bonds. The normalized spacial score (nSPS) is 11.2. The van der Waals surface area contributed by atoms with Crippen LogP contribution in [0.15, 0.2) is 36.4 Å². The molecule has 25 heavy (non-hydrogen) atoms. The Balaban J connectivity index is 2.40. The van der Waals surface area contributed by atoms with Crippen molar-refractivity contribution < 1.29 is 31.9 Å². The standard InChI is InChI=1S/C17H13F4NO3/c1-25-15-5-2-9(16(22)24)7-12(15)14(23)8-10-6-11(17(19,20)21)3-4-13(10)18/h2-7H,8H2,1H3,(H2,22,24). The second-order valence-corrected chi connectivity index (χ2v) is 5.18. The lowest BCUT2D eigenvalue weighted by Crippen LogP contribution is -2.14. The predicted molar refractivity (Wildman–Crippen MR) is 80.9 cm³/mol. The molecule has 4 nitrogen and oxygen atoms in total. The van der Waals surface area contributed by atoms with Crippen molar-refractivity contribution in [2.75, 3.05) is 7.11 Å². The molecule has 0 atom stereocenters. The summed E-state index contributed by atoms with van der Waals surface area (Å²) >= 11 is 0. The fourth-order valence-corrected chi connectivity index (χ4v) is 2.23. The minimum absolute atomic E-state index is 0.0219. The van der Waals surface area contributed by atoms with Gasteiger partial charge >= 0.3 is 6.18 Å². The number of carbonyl (C=O) groups is 2. The first-order valence-electron chi connectivity index (χ1n) is 7.00. The maximum atomic E-state index is 13.8. The molecule has 0 aromatic heterocycles. The maximum absolute atomic E-state index is 13.8. The Morgan fingerprint density at radius 3 is 2.36 bits per heavy atom. The van der Waals surface area contributed by atoms with Crippen LogP contribution in [0.2, 0.25) is 0 Å². The van der Waals surface area contributed by atoms with E-state index in [-0.39, 0.29) is 16.9 Å². The Hall–Kier alpha value is -2.90. The summed E-state index contributed by atoms with van der Waals surface area (Å²) in [7, 11) is 1.28. The molecule has 0 saturated carbocycles. The van der Waals surface area contributed by atoms with E-state index in [1.807, 2.05) is 0 Å². The van der Waals surface area contributed by atoms with Gasteiger partial charge in [-0.3, -0.25) is 9.59 Å². The highest BCUT2D eigenvalue weighted by Gasteiger charge is 2.31. The number of carbonyl (C=O) groups excluding carboxylic acids is 2. The summed E-state index contributed by atoms with van der Waals surface area (Å²) in [6, 6.07) is 5.66. The minimum Gasteiger partial charge on any atom is -0.496 e. The molecule has 132 valence electrons. The van der Waals surface area contributed by atoms with E-state index in [0.29, 0.717) is 18.2 Å². The topological polar surface area (TPSA) is 69.4 Å². The highest BCUT2D eigenvalue weighted by Crippen LogP contribution is 2.31. The molecule has 0 aliphatic carbocycles. The number of rotatable bonds is 5. The summed E-state index contributed by atoms with van der Waals surface area (Å²) in [6.45, 7) is 0. The third-order valence-corrected chi connectivity index (χ3v) is 3.51. The molecule has 2 rings (SSSR count). The van der Waals surface area contributed by atoms with Crippen LogP contribution in [-0.4, -0.2) is 18.8 Å². The van der Waals surface area contributed by atoms with E-state index in [2.05, 4.69) is 0 Å². The lowest BCUT2D eigenvalue weighted by Gasteiger charge is -2.11.